The average Bonchev–Trinajstić information content (AvgIpc) is 2.50. The molecule has 3 N–H and O–H groups in total. The van der Waals surface area contributed by atoms with Crippen LogP contribution in [0.2, 0.25) is 0 Å². The van der Waals surface area contributed by atoms with Crippen LogP contribution in [0.1, 0.15) is 36.2 Å². The number of allylic oxidation sites excluding steroid dienone is 2. The van der Waals surface area contributed by atoms with Gasteiger partial charge in [0.05, 0.1) is 6.61 Å². The number of carboxylic acids is 1. The summed E-state index contributed by atoms with van der Waals surface area (Å²) in [4.78, 5) is 23.0. The maximum absolute atomic E-state index is 12.3. The molecule has 2 atom stereocenters. The Balaban J connectivity index is 2.59. The number of hydrogen-bond donors (Lipinski definition) is 3. The summed E-state index contributed by atoms with van der Waals surface area (Å²) >= 11 is 0. The Morgan fingerprint density at radius 2 is 2.00 bits per heavy atom. The van der Waals surface area contributed by atoms with Gasteiger partial charge in [-0.25, -0.2) is 4.79 Å². The number of aliphatic hydroxyl groups excluding tert-OH is 1. The van der Waals surface area contributed by atoms with Gasteiger partial charge in [0.25, 0.3) is 0 Å². The number of carboxylic acid groups (broad SMARTS) is 1. The van der Waals surface area contributed by atoms with Crippen LogP contribution in [0.15, 0.2) is 48.1 Å². The molecule has 0 radical (unpaired) electrons. The molecule has 0 saturated heterocycles. The molecule has 0 heterocycles. The quantitative estimate of drug-likeness (QED) is 0.584. The molecule has 0 amide bonds. The van der Waals surface area contributed by atoms with Gasteiger partial charge in [-0.05, 0) is 24.1 Å². The van der Waals surface area contributed by atoms with Crippen LogP contribution in [-0.4, -0.2) is 33.7 Å². The van der Waals surface area contributed by atoms with Crippen LogP contribution in [-0.2, 0) is 10.4 Å². The van der Waals surface area contributed by atoms with E-state index >= 15 is 0 Å². The first-order valence-corrected chi connectivity index (χ1v) is 7.30. The molecule has 0 unspecified atom stereocenters. The maximum Gasteiger partial charge on any atom is 0.328 e. The number of hydrogen-bond acceptors (Lipinski definition) is 4. The first-order valence-electron chi connectivity index (χ1n) is 7.30. The van der Waals surface area contributed by atoms with Crippen molar-refractivity contribution in [2.24, 2.45) is 5.41 Å². The van der Waals surface area contributed by atoms with Gasteiger partial charge in [-0.3, -0.25) is 4.79 Å². The van der Waals surface area contributed by atoms with Crippen LogP contribution < -0.4 is 0 Å². The van der Waals surface area contributed by atoms with Crippen molar-refractivity contribution in [3.05, 3.63) is 59.2 Å². The van der Waals surface area contributed by atoms with E-state index in [9.17, 15) is 19.8 Å². The van der Waals surface area contributed by atoms with Crippen LogP contribution in [0, 0.1) is 5.41 Å². The Morgan fingerprint density at radius 1 is 1.35 bits per heavy atom. The van der Waals surface area contributed by atoms with Gasteiger partial charge in [-0.15, -0.1) is 0 Å². The predicted octanol–water partition coefficient (Wildman–Crippen LogP) is 2.05. The highest BCUT2D eigenvalue weighted by Crippen LogP contribution is 2.49. The van der Waals surface area contributed by atoms with Gasteiger partial charge in [0.2, 0.25) is 0 Å². The molecular weight excluding hydrogens is 296 g/mol. The molecule has 1 aromatic carbocycles. The molecule has 122 valence electrons. The molecule has 0 aliphatic heterocycles. The second kappa shape index (κ2) is 6.10. The number of Topliss-reactive ketones (excluding diaryl/α,β-unsaturated/α-hetero) is 1. The van der Waals surface area contributed by atoms with Crippen molar-refractivity contribution in [3.63, 3.8) is 0 Å². The summed E-state index contributed by atoms with van der Waals surface area (Å²) in [5.74, 6) is -1.21. The second-order valence-corrected chi connectivity index (χ2v) is 6.19. The summed E-state index contributed by atoms with van der Waals surface area (Å²) in [5, 5.41) is 29.8. The molecule has 1 aromatic rings. The molecule has 0 fully saturated rings. The van der Waals surface area contributed by atoms with E-state index < -0.39 is 17.0 Å². The fourth-order valence-corrected chi connectivity index (χ4v) is 2.93. The van der Waals surface area contributed by atoms with Gasteiger partial charge in [-0.2, -0.15) is 0 Å². The third-order valence-corrected chi connectivity index (χ3v) is 4.40. The molecule has 5 heteroatoms. The highest BCUT2D eigenvalue weighted by Gasteiger charge is 2.52. The SMILES string of the molecule is CC(=C/C(=O)O)/C=C/[C@@]1(O)c2ccccc2C(=O)C[C@]1(C)CO. The van der Waals surface area contributed by atoms with E-state index in [2.05, 4.69) is 0 Å². The Kier molecular flexibility index (Phi) is 4.54. The minimum absolute atomic E-state index is 0.00302. The Hall–Kier alpha value is -2.24. The topological polar surface area (TPSA) is 94.8 Å². The highest BCUT2D eigenvalue weighted by atomic mass is 16.4. The van der Waals surface area contributed by atoms with E-state index in [0.29, 0.717) is 16.7 Å². The van der Waals surface area contributed by atoms with Gasteiger partial charge in [0, 0.05) is 23.5 Å². The molecule has 2 rings (SSSR count). The molecule has 0 saturated carbocycles. The van der Waals surface area contributed by atoms with Gasteiger partial charge < -0.3 is 15.3 Å². The number of carbonyl (C=O) groups excluding carboxylic acids is 1. The van der Waals surface area contributed by atoms with Crippen molar-refractivity contribution >= 4 is 11.8 Å². The number of fused-ring (bicyclic) bond motifs is 1. The zero-order chi connectivity index (χ0) is 17.3. The van der Waals surface area contributed by atoms with Crippen molar-refractivity contribution < 1.29 is 24.9 Å². The van der Waals surface area contributed by atoms with Crippen LogP contribution >= 0.6 is 0 Å². The van der Waals surface area contributed by atoms with Crippen molar-refractivity contribution in [1.82, 2.24) is 0 Å². The van der Waals surface area contributed by atoms with Gasteiger partial charge in [-0.1, -0.05) is 37.3 Å². The number of aliphatic carboxylic acids is 1. The smallest absolute Gasteiger partial charge is 0.328 e. The molecule has 1 aliphatic rings. The van der Waals surface area contributed by atoms with Crippen molar-refractivity contribution in [1.29, 1.82) is 0 Å². The Bertz CT molecular complexity index is 703. The van der Waals surface area contributed by atoms with E-state index in [-0.39, 0.29) is 18.8 Å². The molecular formula is C18H20O5. The normalized spacial score (nSPS) is 28.0. The molecule has 5 nitrogen and oxygen atoms in total. The average molecular weight is 316 g/mol. The van der Waals surface area contributed by atoms with E-state index in [0.717, 1.165) is 6.08 Å². The third-order valence-electron chi connectivity index (χ3n) is 4.40. The number of aliphatic hydroxyl groups is 2. The summed E-state index contributed by atoms with van der Waals surface area (Å²) in [6.45, 7) is 2.86. The summed E-state index contributed by atoms with van der Waals surface area (Å²) in [7, 11) is 0. The molecule has 1 aliphatic carbocycles. The number of rotatable bonds is 4. The van der Waals surface area contributed by atoms with Crippen LogP contribution in [0.5, 0.6) is 0 Å². The first-order chi connectivity index (χ1) is 10.7. The monoisotopic (exact) mass is 316 g/mol. The van der Waals surface area contributed by atoms with Crippen molar-refractivity contribution in [2.45, 2.75) is 25.9 Å². The van der Waals surface area contributed by atoms with Crippen LogP contribution in [0.4, 0.5) is 0 Å². The largest absolute Gasteiger partial charge is 0.478 e. The van der Waals surface area contributed by atoms with E-state index in [1.165, 1.54) is 12.2 Å². The van der Waals surface area contributed by atoms with Gasteiger partial charge in [0.1, 0.15) is 5.60 Å². The van der Waals surface area contributed by atoms with Gasteiger partial charge >= 0.3 is 5.97 Å². The molecule has 23 heavy (non-hydrogen) atoms. The third kappa shape index (κ3) is 2.98. The molecule has 0 bridgehead atoms. The zero-order valence-corrected chi connectivity index (χ0v) is 13.1. The van der Waals surface area contributed by atoms with Crippen LogP contribution in [0.3, 0.4) is 0 Å². The number of benzene rings is 1. The second-order valence-electron chi connectivity index (χ2n) is 6.19. The van der Waals surface area contributed by atoms with Crippen LogP contribution in [0.25, 0.3) is 0 Å². The first kappa shape index (κ1) is 17.1. The Morgan fingerprint density at radius 3 is 2.61 bits per heavy atom. The lowest BCUT2D eigenvalue weighted by molar-refractivity contribution is -0.131. The maximum atomic E-state index is 12.3. The van der Waals surface area contributed by atoms with E-state index in [4.69, 9.17) is 5.11 Å². The summed E-state index contributed by atoms with van der Waals surface area (Å²) < 4.78 is 0. The Labute approximate surface area is 134 Å². The number of carbonyl (C=O) groups is 2. The zero-order valence-electron chi connectivity index (χ0n) is 13.1. The molecule has 0 spiro atoms. The predicted molar refractivity (Wildman–Crippen MR) is 85.0 cm³/mol. The lowest BCUT2D eigenvalue weighted by Crippen LogP contribution is -2.50. The lowest BCUT2D eigenvalue weighted by atomic mass is 9.61. The van der Waals surface area contributed by atoms with Gasteiger partial charge in [0.15, 0.2) is 5.78 Å². The summed E-state index contributed by atoms with van der Waals surface area (Å²) in [6.07, 6.45) is 3.98. The van der Waals surface area contributed by atoms with Crippen molar-refractivity contribution in [2.75, 3.05) is 6.61 Å². The summed E-state index contributed by atoms with van der Waals surface area (Å²) in [5.41, 5.74) is -1.36. The fourth-order valence-electron chi connectivity index (χ4n) is 2.93. The van der Waals surface area contributed by atoms with Crippen molar-refractivity contribution in [3.8, 4) is 0 Å². The van der Waals surface area contributed by atoms with E-state index in [1.54, 1.807) is 38.1 Å². The minimum atomic E-state index is -1.57. The summed E-state index contributed by atoms with van der Waals surface area (Å²) in [6, 6.07) is 6.74. The number of ketones is 1. The van der Waals surface area contributed by atoms with E-state index in [1.807, 2.05) is 0 Å². The minimum Gasteiger partial charge on any atom is -0.478 e. The lowest BCUT2D eigenvalue weighted by Gasteiger charge is -2.46. The fraction of sp³-hybridized carbons (Fsp3) is 0.333. The standard InChI is InChI=1S/C18H20O5/c1-12(9-16(21)22)7-8-18(23)14-6-4-3-5-13(14)15(20)10-17(18,2)11-19/h3-9,19,23H,10-11H2,1-2H3,(H,21,22)/b8-7+,12-9-/t17-,18-/m1/s1. The highest BCUT2D eigenvalue weighted by molar-refractivity contribution is 6.00. The molecule has 0 aromatic heterocycles.